The van der Waals surface area contributed by atoms with Gasteiger partial charge in [-0.1, -0.05) is 36.4 Å². The van der Waals surface area contributed by atoms with E-state index in [1.165, 1.54) is 0 Å². The van der Waals surface area contributed by atoms with E-state index >= 15 is 0 Å². The molecule has 174 valence electrons. The van der Waals surface area contributed by atoms with Crippen LogP contribution < -0.4 is 20.1 Å². The fourth-order valence-corrected chi connectivity index (χ4v) is 3.64. The second-order valence-electron chi connectivity index (χ2n) is 7.84. The summed E-state index contributed by atoms with van der Waals surface area (Å²) in [6, 6.07) is 13.3. The van der Waals surface area contributed by atoms with Gasteiger partial charge in [-0.25, -0.2) is 4.98 Å². The molecule has 0 radical (unpaired) electrons. The number of fused-ring (bicyclic) bond motifs is 2. The van der Waals surface area contributed by atoms with Gasteiger partial charge >= 0.3 is 0 Å². The number of allylic oxidation sites excluding steroid dienone is 3. The Morgan fingerprint density at radius 2 is 1.94 bits per heavy atom. The number of hydrogen-bond acceptors (Lipinski definition) is 5. The molecular weight excluding hydrogens is 450 g/mol. The van der Waals surface area contributed by atoms with Gasteiger partial charge in [0, 0.05) is 40.8 Å². The molecule has 7 heteroatoms. The second kappa shape index (κ2) is 10.9. The van der Waals surface area contributed by atoms with E-state index in [0.717, 1.165) is 28.5 Å². The summed E-state index contributed by atoms with van der Waals surface area (Å²) in [4.78, 5) is 17.0. The van der Waals surface area contributed by atoms with Crippen LogP contribution in [0, 0.1) is 0 Å². The first kappa shape index (κ1) is 23.4. The average molecular weight is 476 g/mol. The van der Waals surface area contributed by atoms with Gasteiger partial charge in [-0.3, -0.25) is 4.79 Å². The number of hydrogen-bond donors (Lipinski definition) is 2. The molecule has 0 aliphatic carbocycles. The Morgan fingerprint density at radius 1 is 1.12 bits per heavy atom. The lowest BCUT2D eigenvalue weighted by molar-refractivity contribution is -0.117. The Morgan fingerprint density at radius 3 is 2.76 bits per heavy atom. The van der Waals surface area contributed by atoms with Crippen molar-refractivity contribution in [3.05, 3.63) is 95.3 Å². The number of rotatable bonds is 7. The molecule has 2 heterocycles. The van der Waals surface area contributed by atoms with E-state index in [1.807, 2.05) is 42.5 Å². The molecule has 0 fully saturated rings. The summed E-state index contributed by atoms with van der Waals surface area (Å²) in [7, 11) is 0. The van der Waals surface area contributed by atoms with Crippen LogP contribution in [0.5, 0.6) is 11.5 Å². The molecule has 0 unspecified atom stereocenters. The van der Waals surface area contributed by atoms with E-state index in [1.54, 1.807) is 31.3 Å². The Labute approximate surface area is 203 Å². The third-order valence-corrected chi connectivity index (χ3v) is 5.58. The molecule has 1 aromatic heterocycles. The smallest absolute Gasteiger partial charge is 0.247 e. The molecule has 0 atom stereocenters. The van der Waals surface area contributed by atoms with Crippen molar-refractivity contribution in [3.8, 4) is 11.5 Å². The largest absolute Gasteiger partial charge is 0.490 e. The predicted molar refractivity (Wildman–Crippen MR) is 136 cm³/mol. The number of amides is 1. The van der Waals surface area contributed by atoms with Crippen molar-refractivity contribution in [1.82, 2.24) is 10.3 Å². The number of nitrogens with zero attached hydrogens (tertiary/aromatic N) is 1. The first-order chi connectivity index (χ1) is 16.5. The fourth-order valence-electron chi connectivity index (χ4n) is 3.47. The molecule has 6 nitrogen and oxygen atoms in total. The number of benzene rings is 2. The van der Waals surface area contributed by atoms with Gasteiger partial charge in [0.25, 0.3) is 0 Å². The van der Waals surface area contributed by atoms with Crippen LogP contribution in [0.4, 0.5) is 5.82 Å². The molecule has 3 aromatic rings. The van der Waals surface area contributed by atoms with Crippen molar-refractivity contribution in [2.24, 2.45) is 0 Å². The number of carbonyl (C=O) groups is 1. The molecule has 0 bridgehead atoms. The van der Waals surface area contributed by atoms with E-state index in [-0.39, 0.29) is 5.91 Å². The maximum Gasteiger partial charge on any atom is 0.247 e. The Bertz CT molecular complexity index is 1280. The third kappa shape index (κ3) is 5.77. The van der Waals surface area contributed by atoms with E-state index in [9.17, 15) is 4.79 Å². The first-order valence-electron chi connectivity index (χ1n) is 11.0. The van der Waals surface area contributed by atoms with Crippen LogP contribution in [0.25, 0.3) is 10.8 Å². The van der Waals surface area contributed by atoms with Crippen LogP contribution in [-0.2, 0) is 11.3 Å². The highest BCUT2D eigenvalue weighted by Crippen LogP contribution is 2.30. The van der Waals surface area contributed by atoms with Crippen molar-refractivity contribution >= 4 is 34.1 Å². The van der Waals surface area contributed by atoms with E-state index in [4.69, 9.17) is 21.1 Å². The SMILES string of the molecule is C=C/C(=C\C=C(/C)C(=O)NCc1ccc2c(c1)OCCCO2)Nc1nccc2ccc(Cl)cc12. The molecule has 34 heavy (non-hydrogen) atoms. The molecular formula is C27H26ClN3O3. The fraction of sp³-hybridized carbons (Fsp3) is 0.185. The van der Waals surface area contributed by atoms with Crippen molar-refractivity contribution in [2.45, 2.75) is 19.9 Å². The van der Waals surface area contributed by atoms with Gasteiger partial charge in [0.05, 0.1) is 13.2 Å². The zero-order valence-electron chi connectivity index (χ0n) is 18.9. The molecule has 1 aliphatic rings. The summed E-state index contributed by atoms with van der Waals surface area (Å²) in [5.41, 5.74) is 2.20. The van der Waals surface area contributed by atoms with Crippen molar-refractivity contribution in [2.75, 3.05) is 18.5 Å². The normalized spacial score (nSPS) is 13.8. The highest BCUT2D eigenvalue weighted by molar-refractivity contribution is 6.31. The van der Waals surface area contributed by atoms with Crippen molar-refractivity contribution in [3.63, 3.8) is 0 Å². The van der Waals surface area contributed by atoms with E-state index < -0.39 is 0 Å². The predicted octanol–water partition coefficient (Wildman–Crippen LogP) is 5.79. The summed E-state index contributed by atoms with van der Waals surface area (Å²) < 4.78 is 11.4. The highest BCUT2D eigenvalue weighted by atomic mass is 35.5. The number of ether oxygens (including phenoxy) is 2. The zero-order valence-corrected chi connectivity index (χ0v) is 19.7. The van der Waals surface area contributed by atoms with E-state index in [0.29, 0.717) is 47.6 Å². The summed E-state index contributed by atoms with van der Waals surface area (Å²) in [5, 5.41) is 8.75. The van der Waals surface area contributed by atoms with Gasteiger partial charge in [0.2, 0.25) is 5.91 Å². The number of nitrogens with one attached hydrogen (secondary N) is 2. The minimum atomic E-state index is -0.165. The summed E-state index contributed by atoms with van der Waals surface area (Å²) in [6.45, 7) is 7.27. The lowest BCUT2D eigenvalue weighted by Gasteiger charge is -2.11. The highest BCUT2D eigenvalue weighted by Gasteiger charge is 2.11. The van der Waals surface area contributed by atoms with Crippen LogP contribution in [0.3, 0.4) is 0 Å². The Hall–Kier alpha value is -3.77. The number of carbonyl (C=O) groups excluding carboxylic acids is 1. The third-order valence-electron chi connectivity index (χ3n) is 5.35. The average Bonchev–Trinajstić information content (AvgIpc) is 3.10. The molecule has 2 N–H and O–H groups in total. The standard InChI is InChI=1S/C27H26ClN3O3/c1-3-22(31-26-23-16-21(28)8-7-20(23)11-12-29-26)9-5-18(2)27(32)30-17-19-6-10-24-25(15-19)34-14-4-13-33-24/h3,5-12,15-16H,1,4,13-14,17H2,2H3,(H,29,31)(H,30,32)/b18-5+,22-9+. The zero-order chi connectivity index (χ0) is 23.9. The van der Waals surface area contributed by atoms with Crippen LogP contribution in [-0.4, -0.2) is 24.1 Å². The van der Waals surface area contributed by atoms with Gasteiger partial charge < -0.3 is 20.1 Å². The van der Waals surface area contributed by atoms with Gasteiger partial charge in [-0.05, 0) is 60.4 Å². The maximum atomic E-state index is 12.6. The van der Waals surface area contributed by atoms with E-state index in [2.05, 4.69) is 22.2 Å². The number of halogens is 1. The molecule has 1 aliphatic heterocycles. The quantitative estimate of drug-likeness (QED) is 0.334. The molecule has 2 aromatic carbocycles. The topological polar surface area (TPSA) is 72.5 Å². The van der Waals surface area contributed by atoms with Gasteiger partial charge in [-0.15, -0.1) is 0 Å². The van der Waals surface area contributed by atoms with Gasteiger partial charge in [0.1, 0.15) is 5.82 Å². The second-order valence-corrected chi connectivity index (χ2v) is 8.28. The first-order valence-corrected chi connectivity index (χ1v) is 11.4. The monoisotopic (exact) mass is 475 g/mol. The number of aromatic nitrogens is 1. The van der Waals surface area contributed by atoms with Crippen LogP contribution in [0.2, 0.25) is 5.02 Å². The summed E-state index contributed by atoms with van der Waals surface area (Å²) in [6.07, 6.45) is 7.79. The minimum absolute atomic E-state index is 0.165. The van der Waals surface area contributed by atoms with Gasteiger partial charge in [-0.2, -0.15) is 0 Å². The van der Waals surface area contributed by atoms with Crippen LogP contribution in [0.15, 0.2) is 84.7 Å². The Kier molecular flexibility index (Phi) is 7.50. The molecule has 0 spiro atoms. The lowest BCUT2D eigenvalue weighted by atomic mass is 10.1. The maximum absolute atomic E-state index is 12.6. The number of pyridine rings is 1. The Balaban J connectivity index is 1.41. The summed E-state index contributed by atoms with van der Waals surface area (Å²) in [5.74, 6) is 1.95. The van der Waals surface area contributed by atoms with Crippen LogP contribution >= 0.6 is 11.6 Å². The molecule has 1 amide bonds. The van der Waals surface area contributed by atoms with Crippen molar-refractivity contribution < 1.29 is 14.3 Å². The van der Waals surface area contributed by atoms with Crippen LogP contribution in [0.1, 0.15) is 18.9 Å². The van der Waals surface area contributed by atoms with Crippen molar-refractivity contribution in [1.29, 1.82) is 0 Å². The molecule has 0 saturated carbocycles. The molecule has 0 saturated heterocycles. The minimum Gasteiger partial charge on any atom is -0.490 e. The summed E-state index contributed by atoms with van der Waals surface area (Å²) >= 11 is 6.16. The lowest BCUT2D eigenvalue weighted by Crippen LogP contribution is -2.23. The number of anilines is 1. The van der Waals surface area contributed by atoms with Gasteiger partial charge in [0.15, 0.2) is 11.5 Å². The molecule has 4 rings (SSSR count).